The number of aryl methyl sites for hydroxylation is 1. The number of rotatable bonds is 6. The van der Waals surface area contributed by atoms with Crippen LogP contribution < -0.4 is 14.8 Å². The third kappa shape index (κ3) is 3.70. The van der Waals surface area contributed by atoms with Crippen molar-refractivity contribution >= 4 is 21.7 Å². The van der Waals surface area contributed by atoms with Crippen LogP contribution in [0.3, 0.4) is 0 Å². The van der Waals surface area contributed by atoms with Crippen LogP contribution in [0.2, 0.25) is 0 Å². The summed E-state index contributed by atoms with van der Waals surface area (Å²) in [6.45, 7) is 1.79. The van der Waals surface area contributed by atoms with Crippen molar-refractivity contribution in [3.05, 3.63) is 35.9 Å². The van der Waals surface area contributed by atoms with Crippen LogP contribution in [-0.2, 0) is 10.0 Å². The molecule has 8 heteroatoms. The number of hydrogen-bond acceptors (Lipinski definition) is 6. The van der Waals surface area contributed by atoms with Crippen molar-refractivity contribution in [1.82, 2.24) is 10.2 Å². The monoisotopic (exact) mass is 334 g/mol. The van der Waals surface area contributed by atoms with Crippen LogP contribution in [0.25, 0.3) is 0 Å². The molecule has 1 aromatic heterocycles. The molecule has 0 bridgehead atoms. The zero-order valence-electron chi connectivity index (χ0n) is 12.9. The Balaban J connectivity index is 1.75. The number of ether oxygens (including phenoxy) is 1. The van der Waals surface area contributed by atoms with Crippen LogP contribution in [0, 0.1) is 6.92 Å². The number of anilines is 2. The fourth-order valence-electron chi connectivity index (χ4n) is 2.12. The summed E-state index contributed by atoms with van der Waals surface area (Å²) in [5.41, 5.74) is 0.741. The Kier molecular flexibility index (Phi) is 4.08. The van der Waals surface area contributed by atoms with Gasteiger partial charge in [-0.15, -0.1) is 10.2 Å². The number of aromatic nitrogens is 2. The molecule has 0 aliphatic heterocycles. The molecule has 1 saturated carbocycles. The van der Waals surface area contributed by atoms with E-state index in [0.29, 0.717) is 17.6 Å². The number of nitrogens with one attached hydrogen (secondary N) is 2. The van der Waals surface area contributed by atoms with Gasteiger partial charge in [0.15, 0.2) is 5.82 Å². The van der Waals surface area contributed by atoms with Gasteiger partial charge in [0.25, 0.3) is 10.0 Å². The number of benzene rings is 1. The summed E-state index contributed by atoms with van der Waals surface area (Å²) in [5.74, 6) is 1.47. The maximum Gasteiger partial charge on any atom is 0.263 e. The lowest BCUT2D eigenvalue weighted by atomic mass is 10.2. The molecule has 2 N–H and O–H groups in total. The van der Waals surface area contributed by atoms with Crippen molar-refractivity contribution in [2.24, 2.45) is 0 Å². The second kappa shape index (κ2) is 6.04. The number of methoxy groups -OCH3 is 1. The SMILES string of the molecule is COc1ccc(S(=O)(=O)Nc2ccc(NC3CC3)nn2)cc1C. The molecule has 0 spiro atoms. The smallest absolute Gasteiger partial charge is 0.263 e. The highest BCUT2D eigenvalue weighted by atomic mass is 32.2. The lowest BCUT2D eigenvalue weighted by Crippen LogP contribution is -2.15. The molecule has 0 amide bonds. The maximum atomic E-state index is 12.4. The van der Waals surface area contributed by atoms with Crippen LogP contribution in [0.1, 0.15) is 18.4 Å². The Morgan fingerprint density at radius 3 is 2.39 bits per heavy atom. The molecule has 1 fully saturated rings. The van der Waals surface area contributed by atoms with Gasteiger partial charge < -0.3 is 10.1 Å². The summed E-state index contributed by atoms with van der Waals surface area (Å²) in [5, 5.41) is 11.1. The first kappa shape index (κ1) is 15.5. The minimum absolute atomic E-state index is 0.151. The fourth-order valence-corrected chi connectivity index (χ4v) is 3.20. The predicted octanol–water partition coefficient (Wildman–Crippen LogP) is 2.17. The summed E-state index contributed by atoms with van der Waals surface area (Å²) in [7, 11) is -2.17. The van der Waals surface area contributed by atoms with Gasteiger partial charge in [-0.1, -0.05) is 0 Å². The molecule has 0 saturated heterocycles. The van der Waals surface area contributed by atoms with Crippen molar-refractivity contribution in [3.8, 4) is 5.75 Å². The number of sulfonamides is 1. The molecule has 0 radical (unpaired) electrons. The van der Waals surface area contributed by atoms with Gasteiger partial charge >= 0.3 is 0 Å². The highest BCUT2D eigenvalue weighted by Crippen LogP contribution is 2.24. The topological polar surface area (TPSA) is 93.2 Å². The van der Waals surface area contributed by atoms with E-state index in [-0.39, 0.29) is 10.7 Å². The van der Waals surface area contributed by atoms with Crippen LogP contribution >= 0.6 is 0 Å². The first-order valence-corrected chi connectivity index (χ1v) is 8.74. The van der Waals surface area contributed by atoms with E-state index in [1.54, 1.807) is 38.3 Å². The van der Waals surface area contributed by atoms with Crippen molar-refractivity contribution in [2.75, 3.05) is 17.1 Å². The van der Waals surface area contributed by atoms with E-state index in [1.807, 2.05) is 0 Å². The van der Waals surface area contributed by atoms with E-state index < -0.39 is 10.0 Å². The van der Waals surface area contributed by atoms with Gasteiger partial charge in [-0.25, -0.2) is 8.42 Å². The molecule has 1 aromatic carbocycles. The molecule has 3 rings (SSSR count). The third-order valence-electron chi connectivity index (χ3n) is 3.51. The van der Waals surface area contributed by atoms with Gasteiger partial charge in [-0.05, 0) is 55.7 Å². The third-order valence-corrected chi connectivity index (χ3v) is 4.86. The zero-order valence-corrected chi connectivity index (χ0v) is 13.7. The largest absolute Gasteiger partial charge is 0.496 e. The summed E-state index contributed by atoms with van der Waals surface area (Å²) < 4.78 is 32.3. The molecule has 1 heterocycles. The predicted molar refractivity (Wildman–Crippen MR) is 87.2 cm³/mol. The summed E-state index contributed by atoms with van der Waals surface area (Å²) in [6, 6.07) is 8.43. The Labute approximate surface area is 135 Å². The molecule has 122 valence electrons. The number of hydrogen-bond donors (Lipinski definition) is 2. The van der Waals surface area contributed by atoms with Crippen LogP contribution in [0.4, 0.5) is 11.6 Å². The second-order valence-corrected chi connectivity index (χ2v) is 7.14. The Morgan fingerprint density at radius 2 is 1.83 bits per heavy atom. The molecule has 7 nitrogen and oxygen atoms in total. The van der Waals surface area contributed by atoms with Gasteiger partial charge in [0, 0.05) is 6.04 Å². The minimum atomic E-state index is -3.71. The van der Waals surface area contributed by atoms with Crippen molar-refractivity contribution in [2.45, 2.75) is 30.7 Å². The van der Waals surface area contributed by atoms with Crippen LogP contribution in [0.15, 0.2) is 35.2 Å². The van der Waals surface area contributed by atoms with E-state index in [4.69, 9.17) is 4.74 Å². The minimum Gasteiger partial charge on any atom is -0.496 e. The molecular formula is C15H18N4O3S. The highest BCUT2D eigenvalue weighted by molar-refractivity contribution is 7.92. The maximum absolute atomic E-state index is 12.4. The lowest BCUT2D eigenvalue weighted by Gasteiger charge is -2.10. The fraction of sp³-hybridized carbons (Fsp3) is 0.333. The molecular weight excluding hydrogens is 316 g/mol. The molecule has 2 aromatic rings. The van der Waals surface area contributed by atoms with Gasteiger partial charge in [0.05, 0.1) is 12.0 Å². The van der Waals surface area contributed by atoms with E-state index >= 15 is 0 Å². The van der Waals surface area contributed by atoms with E-state index in [0.717, 1.165) is 18.4 Å². The summed E-state index contributed by atoms with van der Waals surface area (Å²) in [6.07, 6.45) is 2.26. The van der Waals surface area contributed by atoms with Crippen molar-refractivity contribution < 1.29 is 13.2 Å². The zero-order chi connectivity index (χ0) is 16.4. The molecule has 23 heavy (non-hydrogen) atoms. The molecule has 1 aliphatic rings. The van der Waals surface area contributed by atoms with Crippen molar-refractivity contribution in [3.63, 3.8) is 0 Å². The van der Waals surface area contributed by atoms with Gasteiger partial charge in [-0.2, -0.15) is 0 Å². The van der Waals surface area contributed by atoms with Crippen LogP contribution in [-0.4, -0.2) is 31.8 Å². The number of nitrogens with zero attached hydrogens (tertiary/aromatic N) is 2. The van der Waals surface area contributed by atoms with E-state index in [1.165, 1.54) is 6.07 Å². The van der Waals surface area contributed by atoms with Gasteiger partial charge in [-0.3, -0.25) is 4.72 Å². The molecule has 0 atom stereocenters. The standard InChI is InChI=1S/C15H18N4O3S/c1-10-9-12(5-6-13(10)22-2)23(20,21)19-15-8-7-14(17-18-15)16-11-3-4-11/h5-9,11H,3-4H2,1-2H3,(H,16,17)(H,18,19). The summed E-state index contributed by atoms with van der Waals surface area (Å²) in [4.78, 5) is 0.151. The summed E-state index contributed by atoms with van der Waals surface area (Å²) >= 11 is 0. The molecule has 0 unspecified atom stereocenters. The first-order chi connectivity index (χ1) is 11.0. The van der Waals surface area contributed by atoms with E-state index in [2.05, 4.69) is 20.2 Å². The van der Waals surface area contributed by atoms with E-state index in [9.17, 15) is 8.42 Å². The average Bonchev–Trinajstić information content (AvgIpc) is 3.33. The second-order valence-electron chi connectivity index (χ2n) is 5.46. The highest BCUT2D eigenvalue weighted by Gasteiger charge is 2.21. The lowest BCUT2D eigenvalue weighted by molar-refractivity contribution is 0.411. The van der Waals surface area contributed by atoms with Crippen LogP contribution in [0.5, 0.6) is 5.75 Å². The Morgan fingerprint density at radius 1 is 1.13 bits per heavy atom. The Bertz CT molecular complexity index is 802. The Hall–Kier alpha value is -2.35. The first-order valence-electron chi connectivity index (χ1n) is 7.26. The van der Waals surface area contributed by atoms with Gasteiger partial charge in [0.2, 0.25) is 0 Å². The van der Waals surface area contributed by atoms with Gasteiger partial charge in [0.1, 0.15) is 11.6 Å². The quantitative estimate of drug-likeness (QED) is 0.841. The average molecular weight is 334 g/mol. The van der Waals surface area contributed by atoms with Crippen molar-refractivity contribution in [1.29, 1.82) is 0 Å². The normalized spacial score (nSPS) is 14.3. The molecule has 1 aliphatic carbocycles.